The lowest BCUT2D eigenvalue weighted by molar-refractivity contribution is -0.121. The van der Waals surface area contributed by atoms with Crippen molar-refractivity contribution in [2.24, 2.45) is 5.73 Å². The molecule has 5 heteroatoms. The molecule has 2 amide bonds. The van der Waals surface area contributed by atoms with Gasteiger partial charge in [0.1, 0.15) is 6.54 Å². The predicted octanol–water partition coefficient (Wildman–Crippen LogP) is 0.666. The highest BCUT2D eigenvalue weighted by Crippen LogP contribution is 2.29. The number of halogens is 1. The first-order chi connectivity index (χ1) is 7.08. The van der Waals surface area contributed by atoms with E-state index >= 15 is 0 Å². The summed E-state index contributed by atoms with van der Waals surface area (Å²) in [6.07, 6.45) is 0.361. The van der Waals surface area contributed by atoms with E-state index in [9.17, 15) is 9.59 Å². The summed E-state index contributed by atoms with van der Waals surface area (Å²) in [5, 5.41) is 0. The van der Waals surface area contributed by atoms with Gasteiger partial charge in [-0.05, 0) is 46.4 Å². The Labute approximate surface area is 101 Å². The Hall–Kier alpha value is -1.11. The highest BCUT2D eigenvalue weighted by molar-refractivity contribution is 14.1. The molecular weight excluding hydrogens is 307 g/mol. The van der Waals surface area contributed by atoms with Gasteiger partial charge in [0.05, 0.1) is 6.42 Å². The molecule has 1 heterocycles. The molecule has 0 spiro atoms. The Balaban J connectivity index is 2.37. The number of amides is 2. The predicted molar refractivity (Wildman–Crippen MR) is 64.4 cm³/mol. The fraction of sp³-hybridized carbons (Fsp3) is 0.200. The monoisotopic (exact) mass is 316 g/mol. The molecule has 1 aliphatic rings. The van der Waals surface area contributed by atoms with Crippen molar-refractivity contribution in [3.8, 4) is 0 Å². The lowest BCUT2D eigenvalue weighted by Crippen LogP contribution is -2.35. The minimum absolute atomic E-state index is 0.0353. The van der Waals surface area contributed by atoms with Crippen LogP contribution in [0.3, 0.4) is 0 Å². The number of hydrogen-bond donors (Lipinski definition) is 1. The SMILES string of the molecule is NC(=O)CN1C(=O)Cc2cc(I)ccc21. The first kappa shape index (κ1) is 10.4. The van der Waals surface area contributed by atoms with E-state index in [1.807, 2.05) is 18.2 Å². The zero-order valence-electron chi connectivity index (χ0n) is 7.87. The Morgan fingerprint density at radius 3 is 2.93 bits per heavy atom. The van der Waals surface area contributed by atoms with Crippen LogP contribution in [0.5, 0.6) is 0 Å². The zero-order chi connectivity index (χ0) is 11.0. The van der Waals surface area contributed by atoms with Crippen LogP contribution in [0.15, 0.2) is 18.2 Å². The van der Waals surface area contributed by atoms with Gasteiger partial charge in [0.15, 0.2) is 0 Å². The summed E-state index contributed by atoms with van der Waals surface area (Å²) in [5.74, 6) is -0.555. The van der Waals surface area contributed by atoms with Crippen LogP contribution in [0.4, 0.5) is 5.69 Å². The van der Waals surface area contributed by atoms with Crippen molar-refractivity contribution in [1.29, 1.82) is 0 Å². The third-order valence-corrected chi connectivity index (χ3v) is 2.96. The topological polar surface area (TPSA) is 63.4 Å². The van der Waals surface area contributed by atoms with E-state index in [2.05, 4.69) is 22.6 Å². The van der Waals surface area contributed by atoms with E-state index in [-0.39, 0.29) is 12.5 Å². The molecule has 15 heavy (non-hydrogen) atoms. The Bertz CT molecular complexity index is 445. The van der Waals surface area contributed by atoms with Crippen molar-refractivity contribution in [3.63, 3.8) is 0 Å². The summed E-state index contributed by atoms with van der Waals surface area (Å²) in [6, 6.07) is 5.71. The second-order valence-electron chi connectivity index (χ2n) is 3.40. The second kappa shape index (κ2) is 3.80. The van der Waals surface area contributed by atoms with Crippen molar-refractivity contribution >= 4 is 40.1 Å². The third kappa shape index (κ3) is 1.97. The number of benzene rings is 1. The van der Waals surface area contributed by atoms with Gasteiger partial charge in [-0.2, -0.15) is 0 Å². The standard InChI is InChI=1S/C10H9IN2O2/c11-7-1-2-8-6(3-7)4-10(15)13(8)5-9(12)14/h1-3H,4-5H2,(H2,12,14). The maximum Gasteiger partial charge on any atom is 0.237 e. The smallest absolute Gasteiger partial charge is 0.237 e. The number of anilines is 1. The van der Waals surface area contributed by atoms with Crippen LogP contribution in [-0.4, -0.2) is 18.4 Å². The first-order valence-corrected chi connectivity index (χ1v) is 5.53. The van der Waals surface area contributed by atoms with Crippen LogP contribution in [0.1, 0.15) is 5.56 Å². The molecule has 2 rings (SSSR count). The summed E-state index contributed by atoms with van der Waals surface area (Å²) >= 11 is 2.19. The van der Waals surface area contributed by atoms with Gasteiger partial charge in [0, 0.05) is 9.26 Å². The molecular formula is C10H9IN2O2. The van der Waals surface area contributed by atoms with Crippen LogP contribution in [0, 0.1) is 3.57 Å². The van der Waals surface area contributed by atoms with Gasteiger partial charge < -0.3 is 10.6 Å². The van der Waals surface area contributed by atoms with E-state index in [4.69, 9.17) is 5.73 Å². The summed E-state index contributed by atoms with van der Waals surface area (Å²) < 4.78 is 1.08. The lowest BCUT2D eigenvalue weighted by Gasteiger charge is -2.14. The van der Waals surface area contributed by atoms with Crippen LogP contribution < -0.4 is 10.6 Å². The highest BCUT2D eigenvalue weighted by Gasteiger charge is 2.27. The van der Waals surface area contributed by atoms with Gasteiger partial charge in [-0.15, -0.1) is 0 Å². The van der Waals surface area contributed by atoms with Gasteiger partial charge in [-0.25, -0.2) is 0 Å². The molecule has 0 bridgehead atoms. The summed E-state index contributed by atoms with van der Waals surface area (Å²) in [7, 11) is 0. The van der Waals surface area contributed by atoms with Gasteiger partial charge >= 0.3 is 0 Å². The Morgan fingerprint density at radius 2 is 2.27 bits per heavy atom. The number of carbonyl (C=O) groups is 2. The number of fused-ring (bicyclic) bond motifs is 1. The largest absolute Gasteiger partial charge is 0.368 e. The molecule has 0 aromatic heterocycles. The number of nitrogens with zero attached hydrogens (tertiary/aromatic N) is 1. The molecule has 1 aromatic rings. The lowest BCUT2D eigenvalue weighted by atomic mass is 10.2. The first-order valence-electron chi connectivity index (χ1n) is 4.45. The number of primary amides is 1. The quantitative estimate of drug-likeness (QED) is 0.815. The summed E-state index contributed by atoms with van der Waals surface area (Å²) in [6.45, 7) is -0.0353. The highest BCUT2D eigenvalue weighted by atomic mass is 127. The molecule has 78 valence electrons. The van der Waals surface area contributed by atoms with Crippen molar-refractivity contribution in [1.82, 2.24) is 0 Å². The third-order valence-electron chi connectivity index (χ3n) is 2.29. The fourth-order valence-corrected chi connectivity index (χ4v) is 2.24. The zero-order valence-corrected chi connectivity index (χ0v) is 10.0. The van der Waals surface area contributed by atoms with Crippen LogP contribution in [0.25, 0.3) is 0 Å². The number of hydrogen-bond acceptors (Lipinski definition) is 2. The van der Waals surface area contributed by atoms with Gasteiger partial charge in [0.25, 0.3) is 0 Å². The van der Waals surface area contributed by atoms with E-state index < -0.39 is 5.91 Å². The normalized spacial score (nSPS) is 14.2. The molecule has 0 atom stereocenters. The molecule has 0 radical (unpaired) electrons. The molecule has 0 saturated heterocycles. The van der Waals surface area contributed by atoms with Gasteiger partial charge in [0.2, 0.25) is 11.8 Å². The average Bonchev–Trinajstić information content (AvgIpc) is 2.41. The van der Waals surface area contributed by atoms with E-state index in [1.165, 1.54) is 4.90 Å². The fourth-order valence-electron chi connectivity index (χ4n) is 1.68. The Morgan fingerprint density at radius 1 is 1.53 bits per heavy atom. The van der Waals surface area contributed by atoms with E-state index in [0.29, 0.717) is 6.42 Å². The maximum absolute atomic E-state index is 11.6. The van der Waals surface area contributed by atoms with Crippen molar-refractivity contribution < 1.29 is 9.59 Å². The molecule has 4 nitrogen and oxygen atoms in total. The minimum Gasteiger partial charge on any atom is -0.368 e. The van der Waals surface area contributed by atoms with Crippen LogP contribution in [0.2, 0.25) is 0 Å². The van der Waals surface area contributed by atoms with Crippen molar-refractivity contribution in [3.05, 3.63) is 27.3 Å². The van der Waals surface area contributed by atoms with Crippen LogP contribution in [-0.2, 0) is 16.0 Å². The summed E-state index contributed by atoms with van der Waals surface area (Å²) in [4.78, 5) is 23.8. The molecule has 0 aliphatic carbocycles. The molecule has 1 aromatic carbocycles. The maximum atomic E-state index is 11.6. The van der Waals surface area contributed by atoms with Gasteiger partial charge in [-0.1, -0.05) is 0 Å². The Kier molecular flexibility index (Phi) is 2.64. The van der Waals surface area contributed by atoms with E-state index in [1.54, 1.807) is 0 Å². The molecule has 0 fully saturated rings. The molecule has 0 saturated carbocycles. The van der Waals surface area contributed by atoms with Crippen LogP contribution >= 0.6 is 22.6 Å². The number of rotatable bonds is 2. The molecule has 1 aliphatic heterocycles. The second-order valence-corrected chi connectivity index (χ2v) is 4.64. The molecule has 0 unspecified atom stereocenters. The summed E-state index contributed by atoms with van der Waals surface area (Å²) in [5.41, 5.74) is 6.86. The number of carbonyl (C=O) groups excluding carboxylic acids is 2. The molecule has 2 N–H and O–H groups in total. The van der Waals surface area contributed by atoms with Crippen molar-refractivity contribution in [2.75, 3.05) is 11.4 Å². The van der Waals surface area contributed by atoms with Gasteiger partial charge in [-0.3, -0.25) is 9.59 Å². The van der Waals surface area contributed by atoms with E-state index in [0.717, 1.165) is 14.8 Å². The number of nitrogens with two attached hydrogens (primary N) is 1. The van der Waals surface area contributed by atoms with Crippen molar-refractivity contribution in [2.45, 2.75) is 6.42 Å². The minimum atomic E-state index is -0.491. The average molecular weight is 316 g/mol.